The number of hydrogen-bond donors (Lipinski definition) is 0. The highest BCUT2D eigenvalue weighted by molar-refractivity contribution is 5.87. The lowest BCUT2D eigenvalue weighted by molar-refractivity contribution is -0.122. The number of rotatable bonds is 5. The molecule has 0 bridgehead atoms. The smallest absolute Gasteiger partial charge is 0.140 e. The Morgan fingerprint density at radius 1 is 1.26 bits per heavy atom. The second kappa shape index (κ2) is 7.28. The average molecular weight is 256 g/mol. The molecule has 0 spiro atoms. The van der Waals surface area contributed by atoms with Gasteiger partial charge in [-0.3, -0.25) is 4.79 Å². The predicted molar refractivity (Wildman–Crippen MR) is 80.2 cm³/mol. The summed E-state index contributed by atoms with van der Waals surface area (Å²) < 4.78 is 0. The van der Waals surface area contributed by atoms with Gasteiger partial charge < -0.3 is 0 Å². The first-order valence-electron chi connectivity index (χ1n) is 7.57. The first-order valence-corrected chi connectivity index (χ1v) is 7.57. The first kappa shape index (κ1) is 14.0. The van der Waals surface area contributed by atoms with Crippen molar-refractivity contribution in [1.82, 2.24) is 0 Å². The van der Waals surface area contributed by atoms with Gasteiger partial charge >= 0.3 is 0 Å². The van der Waals surface area contributed by atoms with Crippen molar-refractivity contribution in [3.8, 4) is 0 Å². The molecular weight excluding hydrogens is 232 g/mol. The maximum absolute atomic E-state index is 12.3. The number of hydrogen-bond acceptors (Lipinski definition) is 1. The summed E-state index contributed by atoms with van der Waals surface area (Å²) in [6.07, 6.45) is 11.1. The number of unbranched alkanes of at least 4 members (excludes halogenated alkanes) is 2. The molecule has 1 unspecified atom stereocenters. The van der Waals surface area contributed by atoms with Gasteiger partial charge in [0.15, 0.2) is 0 Å². The van der Waals surface area contributed by atoms with E-state index < -0.39 is 0 Å². The van der Waals surface area contributed by atoms with Gasteiger partial charge in [0.05, 0.1) is 0 Å². The third-order valence-corrected chi connectivity index (χ3v) is 4.00. The molecule has 0 heterocycles. The molecule has 1 aliphatic carbocycles. The minimum absolute atomic E-state index is 0.0906. The monoisotopic (exact) mass is 256 g/mol. The number of carbonyl (C=O) groups excluding carboxylic acids is 1. The highest BCUT2D eigenvalue weighted by Gasteiger charge is 2.31. The van der Waals surface area contributed by atoms with Crippen molar-refractivity contribution in [3.63, 3.8) is 0 Å². The van der Waals surface area contributed by atoms with E-state index >= 15 is 0 Å². The molecule has 1 aromatic carbocycles. The van der Waals surface area contributed by atoms with E-state index in [2.05, 4.69) is 31.2 Å². The summed E-state index contributed by atoms with van der Waals surface area (Å²) in [5.41, 5.74) is 1.19. The molecule has 1 aromatic rings. The fourth-order valence-electron chi connectivity index (χ4n) is 2.97. The standard InChI is InChI=1S/C18H24O/c1-2-3-4-6-10-16-13-9-14-17(19)18(16)15-11-7-5-8-12-15/h5-8,10-12,16,18H,2-4,9,13-14H2,1H3/b10-6+/t16?,18-/m1/s1. The fraction of sp³-hybridized carbons (Fsp3) is 0.500. The summed E-state index contributed by atoms with van der Waals surface area (Å²) in [4.78, 5) is 12.3. The summed E-state index contributed by atoms with van der Waals surface area (Å²) in [5.74, 6) is 0.913. The van der Waals surface area contributed by atoms with Gasteiger partial charge in [0.1, 0.15) is 5.78 Å². The van der Waals surface area contributed by atoms with Crippen LogP contribution in [0.2, 0.25) is 0 Å². The quantitative estimate of drug-likeness (QED) is 0.541. The van der Waals surface area contributed by atoms with E-state index in [0.717, 1.165) is 25.7 Å². The van der Waals surface area contributed by atoms with E-state index in [-0.39, 0.29) is 5.92 Å². The number of Topliss-reactive ketones (excluding diaryl/α,β-unsaturated/α-hetero) is 1. The number of ketones is 1. The van der Waals surface area contributed by atoms with Crippen LogP contribution in [0.4, 0.5) is 0 Å². The number of benzene rings is 1. The Hall–Kier alpha value is -1.37. The summed E-state index contributed by atoms with van der Waals surface area (Å²) in [5, 5.41) is 0. The molecule has 0 N–H and O–H groups in total. The maximum atomic E-state index is 12.3. The van der Waals surface area contributed by atoms with Gasteiger partial charge in [0.2, 0.25) is 0 Å². The second-order valence-corrected chi connectivity index (χ2v) is 5.48. The zero-order valence-corrected chi connectivity index (χ0v) is 11.8. The molecule has 19 heavy (non-hydrogen) atoms. The van der Waals surface area contributed by atoms with Crippen molar-refractivity contribution < 1.29 is 4.79 Å². The van der Waals surface area contributed by atoms with Crippen molar-refractivity contribution in [1.29, 1.82) is 0 Å². The molecule has 1 saturated carbocycles. The molecule has 1 aliphatic rings. The highest BCUT2D eigenvalue weighted by Crippen LogP contribution is 2.36. The average Bonchev–Trinajstić information content (AvgIpc) is 2.45. The van der Waals surface area contributed by atoms with Crippen LogP contribution in [0.1, 0.15) is 56.9 Å². The van der Waals surface area contributed by atoms with E-state index in [9.17, 15) is 4.79 Å². The van der Waals surface area contributed by atoms with Crippen molar-refractivity contribution in [2.24, 2.45) is 5.92 Å². The fourth-order valence-corrected chi connectivity index (χ4v) is 2.97. The van der Waals surface area contributed by atoms with Crippen LogP contribution >= 0.6 is 0 Å². The third kappa shape index (κ3) is 3.79. The molecule has 1 fully saturated rings. The Bertz CT molecular complexity index is 419. The van der Waals surface area contributed by atoms with E-state index in [1.807, 2.05) is 18.2 Å². The predicted octanol–water partition coefficient (Wildman–Crippen LogP) is 4.89. The van der Waals surface area contributed by atoms with Crippen LogP contribution < -0.4 is 0 Å². The highest BCUT2D eigenvalue weighted by atomic mass is 16.1. The van der Waals surface area contributed by atoms with E-state index in [0.29, 0.717) is 11.7 Å². The largest absolute Gasteiger partial charge is 0.299 e. The van der Waals surface area contributed by atoms with Gasteiger partial charge in [-0.25, -0.2) is 0 Å². The van der Waals surface area contributed by atoms with E-state index in [1.165, 1.54) is 18.4 Å². The van der Waals surface area contributed by atoms with Gasteiger partial charge in [-0.15, -0.1) is 0 Å². The number of allylic oxidation sites excluding steroid dienone is 2. The van der Waals surface area contributed by atoms with Gasteiger partial charge in [-0.05, 0) is 30.7 Å². The molecule has 0 amide bonds. The van der Waals surface area contributed by atoms with Gasteiger partial charge in [0, 0.05) is 12.3 Å². The van der Waals surface area contributed by atoms with E-state index in [4.69, 9.17) is 0 Å². The second-order valence-electron chi connectivity index (χ2n) is 5.48. The van der Waals surface area contributed by atoms with Gasteiger partial charge in [-0.2, -0.15) is 0 Å². The van der Waals surface area contributed by atoms with Crippen LogP contribution in [-0.4, -0.2) is 5.78 Å². The molecule has 0 saturated heterocycles. The molecule has 0 radical (unpaired) electrons. The molecule has 2 atom stereocenters. The molecule has 0 aliphatic heterocycles. The molecule has 1 heteroatoms. The van der Waals surface area contributed by atoms with Crippen molar-refractivity contribution in [3.05, 3.63) is 48.0 Å². The van der Waals surface area contributed by atoms with Crippen LogP contribution in [-0.2, 0) is 4.79 Å². The van der Waals surface area contributed by atoms with Crippen molar-refractivity contribution in [2.45, 2.75) is 51.4 Å². The zero-order chi connectivity index (χ0) is 13.5. The SMILES string of the molecule is CCCC/C=C/C1CCCC(=O)[C@@H]1c1ccccc1. The van der Waals surface area contributed by atoms with Crippen molar-refractivity contribution in [2.75, 3.05) is 0 Å². The molecule has 2 rings (SSSR count). The van der Waals surface area contributed by atoms with Crippen LogP contribution in [0.3, 0.4) is 0 Å². The minimum Gasteiger partial charge on any atom is -0.299 e. The molecular formula is C18H24O. The zero-order valence-electron chi connectivity index (χ0n) is 11.8. The van der Waals surface area contributed by atoms with Gasteiger partial charge in [0.25, 0.3) is 0 Å². The Kier molecular flexibility index (Phi) is 5.38. The summed E-state index contributed by atoms with van der Waals surface area (Å²) in [6.45, 7) is 2.21. The third-order valence-electron chi connectivity index (χ3n) is 4.00. The van der Waals surface area contributed by atoms with Crippen LogP contribution in [0.5, 0.6) is 0 Å². The lowest BCUT2D eigenvalue weighted by atomic mass is 9.74. The van der Waals surface area contributed by atoms with Crippen LogP contribution in [0.15, 0.2) is 42.5 Å². The lowest BCUT2D eigenvalue weighted by Crippen LogP contribution is -2.25. The Balaban J connectivity index is 2.11. The molecule has 102 valence electrons. The Labute approximate surface area is 116 Å². The molecule has 0 aromatic heterocycles. The van der Waals surface area contributed by atoms with E-state index in [1.54, 1.807) is 0 Å². The van der Waals surface area contributed by atoms with Crippen LogP contribution in [0, 0.1) is 5.92 Å². The summed E-state index contributed by atoms with van der Waals surface area (Å²) in [7, 11) is 0. The summed E-state index contributed by atoms with van der Waals surface area (Å²) >= 11 is 0. The topological polar surface area (TPSA) is 17.1 Å². The number of carbonyl (C=O) groups is 1. The molecule has 1 nitrogen and oxygen atoms in total. The van der Waals surface area contributed by atoms with Crippen molar-refractivity contribution >= 4 is 5.78 Å². The minimum atomic E-state index is 0.0906. The van der Waals surface area contributed by atoms with Crippen LogP contribution in [0.25, 0.3) is 0 Å². The normalized spacial score (nSPS) is 23.9. The first-order chi connectivity index (χ1) is 9.33. The van der Waals surface area contributed by atoms with Gasteiger partial charge in [-0.1, -0.05) is 62.2 Å². The maximum Gasteiger partial charge on any atom is 0.140 e. The Morgan fingerprint density at radius 3 is 2.79 bits per heavy atom. The Morgan fingerprint density at radius 2 is 2.05 bits per heavy atom. The summed E-state index contributed by atoms with van der Waals surface area (Å²) in [6, 6.07) is 10.3. The lowest BCUT2D eigenvalue weighted by Gasteiger charge is -2.28.